The Morgan fingerprint density at radius 1 is 0.950 bits per heavy atom. The number of hydrogen-bond donors (Lipinski definition) is 0. The van der Waals surface area contributed by atoms with Gasteiger partial charge in [-0.25, -0.2) is 4.68 Å². The van der Waals surface area contributed by atoms with Crippen LogP contribution in [-0.2, 0) is 0 Å². The number of aromatic nitrogens is 3. The smallest absolute Gasteiger partial charge is 0.113 e. The van der Waals surface area contributed by atoms with Crippen LogP contribution in [0.3, 0.4) is 0 Å². The number of fused-ring (bicyclic) bond motifs is 1. The van der Waals surface area contributed by atoms with Crippen LogP contribution in [-0.4, -0.2) is 15.0 Å². The van der Waals surface area contributed by atoms with E-state index in [2.05, 4.69) is 36.3 Å². The third-order valence-electron chi connectivity index (χ3n) is 2.93. The van der Waals surface area contributed by atoms with Crippen molar-refractivity contribution in [3.05, 3.63) is 60.2 Å². The summed E-state index contributed by atoms with van der Waals surface area (Å²) in [4.78, 5) is 1.20. The van der Waals surface area contributed by atoms with E-state index < -0.39 is 0 Å². The second-order valence-corrected chi connectivity index (χ2v) is 5.77. The fourth-order valence-electron chi connectivity index (χ4n) is 1.98. The van der Waals surface area contributed by atoms with Crippen LogP contribution >= 0.6 is 11.8 Å². The monoisotopic (exact) mass is 281 g/mol. The summed E-state index contributed by atoms with van der Waals surface area (Å²) >= 11 is 1.71. The van der Waals surface area contributed by atoms with E-state index in [1.807, 2.05) is 47.1 Å². The quantitative estimate of drug-likeness (QED) is 0.665. The summed E-state index contributed by atoms with van der Waals surface area (Å²) in [7, 11) is 0. The predicted octanol–water partition coefficient (Wildman–Crippen LogP) is 4.43. The van der Waals surface area contributed by atoms with Crippen LogP contribution in [0.2, 0.25) is 0 Å². The van der Waals surface area contributed by atoms with Gasteiger partial charge in [-0.05, 0) is 43.7 Å². The number of allylic oxidation sites excluding steroid dienone is 1. The first-order chi connectivity index (χ1) is 9.75. The molecule has 0 saturated carbocycles. The highest BCUT2D eigenvalue weighted by atomic mass is 32.2. The normalized spacial score (nSPS) is 10.7. The summed E-state index contributed by atoms with van der Waals surface area (Å²) in [5, 5.41) is 9.63. The Morgan fingerprint density at radius 2 is 1.65 bits per heavy atom. The van der Waals surface area contributed by atoms with E-state index in [-0.39, 0.29) is 0 Å². The van der Waals surface area contributed by atoms with Crippen molar-refractivity contribution in [3.8, 4) is 0 Å². The van der Waals surface area contributed by atoms with Crippen molar-refractivity contribution >= 4 is 27.8 Å². The lowest BCUT2D eigenvalue weighted by Gasteiger charge is -2.10. The third kappa shape index (κ3) is 2.47. The van der Waals surface area contributed by atoms with E-state index in [1.54, 1.807) is 11.8 Å². The Balaban J connectivity index is 2.06. The molecule has 0 aliphatic heterocycles. The first-order valence-corrected chi connectivity index (χ1v) is 7.28. The molecule has 3 aromatic rings. The number of nitrogens with zero attached hydrogens (tertiary/aromatic N) is 3. The molecule has 0 unspecified atom stereocenters. The van der Waals surface area contributed by atoms with Gasteiger partial charge in [0, 0.05) is 4.90 Å². The Hall–Kier alpha value is -2.07. The topological polar surface area (TPSA) is 30.7 Å². The van der Waals surface area contributed by atoms with Gasteiger partial charge in [0.1, 0.15) is 10.5 Å². The standard InChI is InChI=1S/C16H15N3S/c1-12(2)16(20-13-8-4-3-5-9-13)19-15-11-7-6-10-14(15)17-18-19/h3-11H,1-2H3. The van der Waals surface area contributed by atoms with E-state index >= 15 is 0 Å². The second kappa shape index (κ2) is 5.51. The predicted molar refractivity (Wildman–Crippen MR) is 84.4 cm³/mol. The molecule has 0 saturated heterocycles. The highest BCUT2D eigenvalue weighted by molar-refractivity contribution is 8.08. The van der Waals surface area contributed by atoms with Crippen LogP contribution in [0.15, 0.2) is 65.1 Å². The summed E-state index contributed by atoms with van der Waals surface area (Å²) in [5.41, 5.74) is 3.17. The minimum atomic E-state index is 0.917. The van der Waals surface area contributed by atoms with Gasteiger partial charge in [0.15, 0.2) is 0 Å². The van der Waals surface area contributed by atoms with Crippen molar-refractivity contribution in [1.82, 2.24) is 15.0 Å². The van der Waals surface area contributed by atoms with Crippen molar-refractivity contribution in [2.45, 2.75) is 18.7 Å². The van der Waals surface area contributed by atoms with Crippen LogP contribution in [0.1, 0.15) is 13.8 Å². The minimum Gasteiger partial charge on any atom is -0.206 e. The fourth-order valence-corrected chi connectivity index (χ4v) is 2.92. The Bertz CT molecular complexity index is 756. The third-order valence-corrected chi connectivity index (χ3v) is 4.21. The van der Waals surface area contributed by atoms with Crippen molar-refractivity contribution in [3.63, 3.8) is 0 Å². The molecule has 0 bridgehead atoms. The number of rotatable bonds is 3. The lowest BCUT2D eigenvalue weighted by atomic mass is 10.3. The molecule has 20 heavy (non-hydrogen) atoms. The molecule has 0 radical (unpaired) electrons. The summed E-state index contributed by atoms with van der Waals surface area (Å²) < 4.78 is 1.92. The van der Waals surface area contributed by atoms with E-state index in [0.717, 1.165) is 16.1 Å². The van der Waals surface area contributed by atoms with Crippen LogP contribution in [0, 0.1) is 0 Å². The summed E-state index contributed by atoms with van der Waals surface area (Å²) in [6.07, 6.45) is 0. The lowest BCUT2D eigenvalue weighted by molar-refractivity contribution is 0.850. The Morgan fingerprint density at radius 3 is 2.40 bits per heavy atom. The van der Waals surface area contributed by atoms with Gasteiger partial charge < -0.3 is 0 Å². The van der Waals surface area contributed by atoms with Gasteiger partial charge >= 0.3 is 0 Å². The number of hydrogen-bond acceptors (Lipinski definition) is 3. The first-order valence-electron chi connectivity index (χ1n) is 6.47. The molecular weight excluding hydrogens is 266 g/mol. The van der Waals surface area contributed by atoms with Gasteiger partial charge in [0.05, 0.1) is 5.52 Å². The van der Waals surface area contributed by atoms with E-state index in [4.69, 9.17) is 0 Å². The molecule has 0 atom stereocenters. The fraction of sp³-hybridized carbons (Fsp3) is 0.125. The number of para-hydroxylation sites is 1. The summed E-state index contributed by atoms with van der Waals surface area (Å²) in [5.74, 6) is 0. The largest absolute Gasteiger partial charge is 0.206 e. The van der Waals surface area contributed by atoms with Gasteiger partial charge in [0.25, 0.3) is 0 Å². The van der Waals surface area contributed by atoms with E-state index in [1.165, 1.54) is 10.5 Å². The Labute approximate surface area is 122 Å². The van der Waals surface area contributed by atoms with Crippen LogP contribution < -0.4 is 0 Å². The zero-order valence-corrected chi connectivity index (χ0v) is 12.3. The maximum Gasteiger partial charge on any atom is 0.113 e. The second-order valence-electron chi connectivity index (χ2n) is 4.71. The summed E-state index contributed by atoms with van der Waals surface area (Å²) in [6.45, 7) is 4.20. The van der Waals surface area contributed by atoms with Gasteiger partial charge in [0.2, 0.25) is 0 Å². The molecule has 2 aromatic carbocycles. The van der Waals surface area contributed by atoms with Gasteiger partial charge in [-0.2, -0.15) is 0 Å². The Kier molecular flexibility index (Phi) is 3.56. The van der Waals surface area contributed by atoms with Crippen molar-refractivity contribution in [2.24, 2.45) is 0 Å². The van der Waals surface area contributed by atoms with E-state index in [9.17, 15) is 0 Å². The average Bonchev–Trinajstić information content (AvgIpc) is 2.89. The van der Waals surface area contributed by atoms with Crippen LogP contribution in [0.5, 0.6) is 0 Å². The average molecular weight is 281 g/mol. The zero-order chi connectivity index (χ0) is 13.9. The first kappa shape index (κ1) is 12.9. The zero-order valence-electron chi connectivity index (χ0n) is 11.4. The molecular formula is C16H15N3S. The molecule has 0 aliphatic carbocycles. The SMILES string of the molecule is CC(C)=C(Sc1ccccc1)n1nnc2ccccc21. The van der Waals surface area contributed by atoms with Crippen molar-refractivity contribution in [1.29, 1.82) is 0 Å². The maximum absolute atomic E-state index is 4.30. The molecule has 0 amide bonds. The number of thioether (sulfide) groups is 1. The van der Waals surface area contributed by atoms with Crippen molar-refractivity contribution in [2.75, 3.05) is 0 Å². The minimum absolute atomic E-state index is 0.917. The van der Waals surface area contributed by atoms with Crippen LogP contribution in [0.4, 0.5) is 0 Å². The molecule has 1 aromatic heterocycles. The molecule has 100 valence electrons. The maximum atomic E-state index is 4.30. The molecule has 0 aliphatic rings. The molecule has 3 nitrogen and oxygen atoms in total. The molecule has 0 fully saturated rings. The van der Waals surface area contributed by atoms with Gasteiger partial charge in [-0.15, -0.1) is 5.10 Å². The van der Waals surface area contributed by atoms with Crippen LogP contribution in [0.25, 0.3) is 16.1 Å². The highest BCUT2D eigenvalue weighted by Crippen LogP contribution is 2.33. The van der Waals surface area contributed by atoms with Crippen molar-refractivity contribution < 1.29 is 0 Å². The molecule has 0 spiro atoms. The lowest BCUT2D eigenvalue weighted by Crippen LogP contribution is -1.98. The van der Waals surface area contributed by atoms with Gasteiger partial charge in [-0.1, -0.05) is 47.3 Å². The van der Waals surface area contributed by atoms with E-state index in [0.29, 0.717) is 0 Å². The molecule has 1 heterocycles. The highest BCUT2D eigenvalue weighted by Gasteiger charge is 2.11. The van der Waals surface area contributed by atoms with Gasteiger partial charge in [-0.3, -0.25) is 0 Å². The number of benzene rings is 2. The summed E-state index contributed by atoms with van der Waals surface area (Å²) in [6, 6.07) is 18.3. The molecule has 0 N–H and O–H groups in total. The molecule has 4 heteroatoms. The molecule has 3 rings (SSSR count).